The molecule has 1 atom stereocenters. The van der Waals surface area contributed by atoms with Gasteiger partial charge in [0.1, 0.15) is 11.8 Å². The monoisotopic (exact) mass is 196 g/mol. The smallest absolute Gasteiger partial charge is 0.137 e. The van der Waals surface area contributed by atoms with Gasteiger partial charge in [-0.3, -0.25) is 0 Å². The first-order valence-electron chi connectivity index (χ1n) is 3.67. The number of methoxy groups -OCH3 is 1. The lowest BCUT2D eigenvalue weighted by Gasteiger charge is -2.06. The number of hydrogen-bond acceptors (Lipinski definition) is 3. The molecule has 0 amide bonds. The summed E-state index contributed by atoms with van der Waals surface area (Å²) in [7, 11) is 1.53. The number of nitrogens with two attached hydrogens (primary N) is 1. The molecule has 2 N–H and O–H groups in total. The fourth-order valence-electron chi connectivity index (χ4n) is 0.951. The van der Waals surface area contributed by atoms with Crippen molar-refractivity contribution in [3.63, 3.8) is 0 Å². The van der Waals surface area contributed by atoms with Gasteiger partial charge in [0.25, 0.3) is 0 Å². The molecule has 0 saturated heterocycles. The van der Waals surface area contributed by atoms with Crippen molar-refractivity contribution in [2.24, 2.45) is 5.73 Å². The van der Waals surface area contributed by atoms with Crippen molar-refractivity contribution < 1.29 is 4.74 Å². The summed E-state index contributed by atoms with van der Waals surface area (Å²) in [5.74, 6) is 0.579. The fourth-order valence-corrected chi connectivity index (χ4v) is 1.22. The van der Waals surface area contributed by atoms with E-state index in [1.807, 2.05) is 6.07 Å². The second-order valence-electron chi connectivity index (χ2n) is 2.50. The Kier molecular flexibility index (Phi) is 3.13. The Morgan fingerprint density at radius 3 is 2.77 bits per heavy atom. The average Bonchev–Trinajstić information content (AvgIpc) is 2.16. The molecule has 0 spiro atoms. The maximum Gasteiger partial charge on any atom is 0.137 e. The van der Waals surface area contributed by atoms with Crippen LogP contribution in [0.3, 0.4) is 0 Å². The van der Waals surface area contributed by atoms with E-state index in [-0.39, 0.29) is 0 Å². The van der Waals surface area contributed by atoms with Crippen LogP contribution in [0.2, 0.25) is 5.02 Å². The van der Waals surface area contributed by atoms with E-state index in [4.69, 9.17) is 27.3 Å². The van der Waals surface area contributed by atoms with Crippen molar-refractivity contribution in [1.82, 2.24) is 0 Å². The predicted octanol–water partition coefficient (Wildman–Crippen LogP) is 1.87. The molecule has 0 aliphatic carbocycles. The Morgan fingerprint density at radius 2 is 2.31 bits per heavy atom. The Morgan fingerprint density at radius 1 is 1.62 bits per heavy atom. The van der Waals surface area contributed by atoms with Crippen LogP contribution in [0.5, 0.6) is 5.75 Å². The van der Waals surface area contributed by atoms with Crippen molar-refractivity contribution >= 4 is 11.6 Å². The van der Waals surface area contributed by atoms with Crippen LogP contribution in [-0.4, -0.2) is 7.11 Å². The second-order valence-corrected chi connectivity index (χ2v) is 2.91. The quantitative estimate of drug-likeness (QED) is 0.786. The molecule has 0 aromatic heterocycles. The van der Waals surface area contributed by atoms with Crippen LogP contribution in [-0.2, 0) is 0 Å². The van der Waals surface area contributed by atoms with Crippen molar-refractivity contribution in [2.45, 2.75) is 6.04 Å². The van der Waals surface area contributed by atoms with Gasteiger partial charge in [-0.05, 0) is 17.7 Å². The Hall–Kier alpha value is -1.24. The number of nitrogens with zero attached hydrogens (tertiary/aromatic N) is 1. The molecule has 1 aromatic rings. The summed E-state index contributed by atoms with van der Waals surface area (Å²) in [4.78, 5) is 0. The summed E-state index contributed by atoms with van der Waals surface area (Å²) in [6.07, 6.45) is 0. The maximum atomic E-state index is 8.56. The number of nitriles is 1. The first-order valence-corrected chi connectivity index (χ1v) is 4.05. The largest absolute Gasteiger partial charge is 0.495 e. The number of rotatable bonds is 2. The van der Waals surface area contributed by atoms with Crippen LogP contribution in [0, 0.1) is 11.3 Å². The lowest BCUT2D eigenvalue weighted by atomic mass is 10.1. The van der Waals surface area contributed by atoms with Gasteiger partial charge < -0.3 is 10.5 Å². The summed E-state index contributed by atoms with van der Waals surface area (Å²) in [6, 6.07) is 6.33. The number of halogens is 1. The van der Waals surface area contributed by atoms with Gasteiger partial charge in [-0.2, -0.15) is 5.26 Å². The topological polar surface area (TPSA) is 59.0 Å². The second kappa shape index (κ2) is 4.13. The maximum absolute atomic E-state index is 8.56. The summed E-state index contributed by atoms with van der Waals surface area (Å²) in [5, 5.41) is 9.02. The molecule has 0 radical (unpaired) electrons. The van der Waals surface area contributed by atoms with Gasteiger partial charge in [0.2, 0.25) is 0 Å². The minimum atomic E-state index is -0.636. The molecule has 0 unspecified atom stereocenters. The molecule has 68 valence electrons. The van der Waals surface area contributed by atoms with E-state index in [0.717, 1.165) is 0 Å². The molecular formula is C9H9ClN2O. The van der Waals surface area contributed by atoms with E-state index in [1.54, 1.807) is 18.2 Å². The van der Waals surface area contributed by atoms with E-state index in [2.05, 4.69) is 0 Å². The van der Waals surface area contributed by atoms with Gasteiger partial charge in [0, 0.05) is 0 Å². The van der Waals surface area contributed by atoms with E-state index in [9.17, 15) is 0 Å². The van der Waals surface area contributed by atoms with E-state index >= 15 is 0 Å². The SMILES string of the molecule is COc1ccc([C@H](N)C#N)cc1Cl. The first-order chi connectivity index (χ1) is 6.19. The van der Waals surface area contributed by atoms with Crippen molar-refractivity contribution in [2.75, 3.05) is 7.11 Å². The molecule has 0 fully saturated rings. The Bertz CT molecular complexity index is 346. The molecule has 0 bridgehead atoms. The average molecular weight is 197 g/mol. The Labute approximate surface area is 81.7 Å². The highest BCUT2D eigenvalue weighted by molar-refractivity contribution is 6.32. The molecule has 3 nitrogen and oxygen atoms in total. The van der Waals surface area contributed by atoms with Gasteiger partial charge >= 0.3 is 0 Å². The third-order valence-electron chi connectivity index (χ3n) is 1.67. The van der Waals surface area contributed by atoms with Crippen LogP contribution in [0.25, 0.3) is 0 Å². The lowest BCUT2D eigenvalue weighted by molar-refractivity contribution is 0.415. The van der Waals surface area contributed by atoms with Crippen LogP contribution in [0.1, 0.15) is 11.6 Å². The fraction of sp³-hybridized carbons (Fsp3) is 0.222. The summed E-state index contributed by atoms with van der Waals surface area (Å²) < 4.78 is 4.96. The number of ether oxygens (including phenoxy) is 1. The summed E-state index contributed by atoms with van der Waals surface area (Å²) in [6.45, 7) is 0. The molecular weight excluding hydrogens is 188 g/mol. The zero-order valence-electron chi connectivity index (χ0n) is 7.12. The van der Waals surface area contributed by atoms with Gasteiger partial charge in [-0.25, -0.2) is 0 Å². The van der Waals surface area contributed by atoms with Gasteiger partial charge in [0.05, 0.1) is 18.2 Å². The van der Waals surface area contributed by atoms with E-state index < -0.39 is 6.04 Å². The van der Waals surface area contributed by atoms with E-state index in [0.29, 0.717) is 16.3 Å². The van der Waals surface area contributed by atoms with Crippen LogP contribution < -0.4 is 10.5 Å². The molecule has 0 heterocycles. The molecule has 0 aliphatic rings. The highest BCUT2D eigenvalue weighted by Crippen LogP contribution is 2.26. The molecule has 13 heavy (non-hydrogen) atoms. The minimum absolute atomic E-state index is 0.464. The molecule has 1 rings (SSSR count). The van der Waals surface area contributed by atoms with E-state index in [1.165, 1.54) is 7.11 Å². The number of benzene rings is 1. The molecule has 1 aromatic carbocycles. The van der Waals surface area contributed by atoms with Crippen LogP contribution >= 0.6 is 11.6 Å². The highest BCUT2D eigenvalue weighted by Gasteiger charge is 2.07. The van der Waals surface area contributed by atoms with Crippen molar-refractivity contribution in [3.8, 4) is 11.8 Å². The zero-order valence-corrected chi connectivity index (χ0v) is 7.88. The third-order valence-corrected chi connectivity index (χ3v) is 1.97. The highest BCUT2D eigenvalue weighted by atomic mass is 35.5. The summed E-state index contributed by atoms with van der Waals surface area (Å²) >= 11 is 5.84. The molecule has 4 heteroatoms. The first kappa shape index (κ1) is 9.85. The standard InChI is InChI=1S/C9H9ClN2O/c1-13-9-3-2-6(4-7(9)10)8(12)5-11/h2-4,8H,12H2,1H3/t8-/m1/s1. The van der Waals surface area contributed by atoms with Gasteiger partial charge in [-0.15, -0.1) is 0 Å². The van der Waals surface area contributed by atoms with Gasteiger partial charge in [0.15, 0.2) is 0 Å². The normalized spacial score (nSPS) is 11.8. The third kappa shape index (κ3) is 2.11. The summed E-state index contributed by atoms with van der Waals surface area (Å²) in [5.41, 5.74) is 6.18. The van der Waals surface area contributed by atoms with Crippen LogP contribution in [0.15, 0.2) is 18.2 Å². The van der Waals surface area contributed by atoms with Crippen molar-refractivity contribution in [1.29, 1.82) is 5.26 Å². The van der Waals surface area contributed by atoms with Gasteiger partial charge in [-0.1, -0.05) is 17.7 Å². The predicted molar refractivity (Wildman–Crippen MR) is 50.5 cm³/mol. The molecule has 0 aliphatic heterocycles. The Balaban J connectivity index is 3.04. The minimum Gasteiger partial charge on any atom is -0.495 e. The zero-order chi connectivity index (χ0) is 9.84. The molecule has 0 saturated carbocycles. The van der Waals surface area contributed by atoms with Crippen LogP contribution in [0.4, 0.5) is 0 Å². The lowest BCUT2D eigenvalue weighted by Crippen LogP contribution is -2.06. The number of hydrogen-bond donors (Lipinski definition) is 1. The van der Waals surface area contributed by atoms with Crippen molar-refractivity contribution in [3.05, 3.63) is 28.8 Å².